The van der Waals surface area contributed by atoms with E-state index in [4.69, 9.17) is 5.73 Å². The maximum atomic E-state index is 5.84. The van der Waals surface area contributed by atoms with Crippen LogP contribution < -0.4 is 5.73 Å². The minimum atomic E-state index is 0.758. The lowest BCUT2D eigenvalue weighted by molar-refractivity contribution is 1.31. The molecule has 0 bridgehead atoms. The summed E-state index contributed by atoms with van der Waals surface area (Å²) in [6.45, 7) is 0. The molecule has 2 aromatic carbocycles. The van der Waals surface area contributed by atoms with Crippen LogP contribution in [0.1, 0.15) is 0 Å². The summed E-state index contributed by atoms with van der Waals surface area (Å²) >= 11 is 3.52. The number of aromatic amines is 1. The number of aromatic nitrogens is 2. The van der Waals surface area contributed by atoms with Crippen LogP contribution in [-0.4, -0.2) is 9.97 Å². The van der Waals surface area contributed by atoms with Crippen molar-refractivity contribution in [2.45, 2.75) is 0 Å². The van der Waals surface area contributed by atoms with Gasteiger partial charge in [0.25, 0.3) is 0 Å². The first-order valence-electron chi connectivity index (χ1n) is 7.31. The Balaban J connectivity index is 2.06. The summed E-state index contributed by atoms with van der Waals surface area (Å²) in [5, 5.41) is 1.09. The van der Waals surface area contributed by atoms with Crippen LogP contribution in [0.3, 0.4) is 0 Å². The second-order valence-corrected chi connectivity index (χ2v) is 6.33. The molecule has 3 N–H and O–H groups in total. The zero-order chi connectivity index (χ0) is 15.8. The highest BCUT2D eigenvalue weighted by atomic mass is 79.9. The first kappa shape index (κ1) is 14.0. The number of fused-ring (bicyclic) bond motifs is 1. The van der Waals surface area contributed by atoms with Crippen molar-refractivity contribution in [2.75, 3.05) is 5.73 Å². The quantitative estimate of drug-likeness (QED) is 0.478. The van der Waals surface area contributed by atoms with Gasteiger partial charge in [0, 0.05) is 27.3 Å². The maximum absolute atomic E-state index is 5.84. The van der Waals surface area contributed by atoms with Crippen LogP contribution in [0.2, 0.25) is 0 Å². The van der Waals surface area contributed by atoms with Crippen molar-refractivity contribution >= 4 is 32.7 Å². The van der Waals surface area contributed by atoms with Gasteiger partial charge in [-0.05, 0) is 45.3 Å². The van der Waals surface area contributed by atoms with E-state index in [1.54, 1.807) is 6.20 Å². The lowest BCUT2D eigenvalue weighted by Gasteiger charge is -2.06. The van der Waals surface area contributed by atoms with Gasteiger partial charge in [-0.25, -0.2) is 4.98 Å². The fourth-order valence-corrected chi connectivity index (χ4v) is 3.15. The summed E-state index contributed by atoms with van der Waals surface area (Å²) in [7, 11) is 0. The average Bonchev–Trinajstić information content (AvgIpc) is 2.95. The van der Waals surface area contributed by atoms with Crippen LogP contribution in [0.15, 0.2) is 71.3 Å². The Bertz CT molecular complexity index is 973. The van der Waals surface area contributed by atoms with E-state index < -0.39 is 0 Å². The zero-order valence-corrected chi connectivity index (χ0v) is 13.8. The lowest BCUT2D eigenvalue weighted by Crippen LogP contribution is -1.85. The monoisotopic (exact) mass is 363 g/mol. The molecule has 0 unspecified atom stereocenters. The molecule has 0 fully saturated rings. The largest absolute Gasteiger partial charge is 0.399 e. The van der Waals surface area contributed by atoms with Crippen LogP contribution in [0.4, 0.5) is 5.69 Å². The van der Waals surface area contributed by atoms with Crippen LogP contribution in [0.25, 0.3) is 33.4 Å². The molecule has 0 spiro atoms. The standard InChI is InChI=1S/C19H14BrN3/c20-14-10-16-17(12-6-8-15(21)9-7-12)18(23-19(16)22-11-14)13-4-2-1-3-5-13/h1-11H,21H2,(H,22,23). The van der Waals surface area contributed by atoms with Crippen molar-refractivity contribution in [3.63, 3.8) is 0 Å². The molecule has 0 aliphatic carbocycles. The van der Waals surface area contributed by atoms with E-state index in [9.17, 15) is 0 Å². The summed E-state index contributed by atoms with van der Waals surface area (Å²) in [5.74, 6) is 0. The first-order chi connectivity index (χ1) is 11.2. The molecule has 112 valence electrons. The highest BCUT2D eigenvalue weighted by Crippen LogP contribution is 2.38. The SMILES string of the molecule is Nc1ccc(-c2c(-c3ccccc3)[nH]c3ncc(Br)cc23)cc1. The van der Waals surface area contributed by atoms with E-state index in [2.05, 4.69) is 44.1 Å². The lowest BCUT2D eigenvalue weighted by atomic mass is 9.99. The highest BCUT2D eigenvalue weighted by molar-refractivity contribution is 9.10. The average molecular weight is 364 g/mol. The molecule has 0 atom stereocenters. The van der Waals surface area contributed by atoms with Crippen molar-refractivity contribution in [3.05, 3.63) is 71.3 Å². The van der Waals surface area contributed by atoms with Crippen LogP contribution in [-0.2, 0) is 0 Å². The molecule has 0 saturated carbocycles. The molecule has 4 rings (SSSR count). The van der Waals surface area contributed by atoms with Crippen LogP contribution in [0.5, 0.6) is 0 Å². The van der Waals surface area contributed by atoms with E-state index in [1.807, 2.05) is 42.5 Å². The van der Waals surface area contributed by atoms with Crippen molar-refractivity contribution in [1.82, 2.24) is 9.97 Å². The summed E-state index contributed by atoms with van der Waals surface area (Å²) in [4.78, 5) is 7.96. The number of anilines is 1. The van der Waals surface area contributed by atoms with Crippen molar-refractivity contribution in [3.8, 4) is 22.4 Å². The third kappa shape index (κ3) is 2.51. The van der Waals surface area contributed by atoms with Crippen molar-refractivity contribution in [1.29, 1.82) is 0 Å². The van der Waals surface area contributed by atoms with Gasteiger partial charge in [0.2, 0.25) is 0 Å². The summed E-state index contributed by atoms with van der Waals surface area (Å²) in [6.07, 6.45) is 1.81. The highest BCUT2D eigenvalue weighted by Gasteiger charge is 2.16. The predicted octanol–water partition coefficient (Wildman–Crippen LogP) is 5.24. The van der Waals surface area contributed by atoms with Gasteiger partial charge in [0.1, 0.15) is 5.65 Å². The fraction of sp³-hybridized carbons (Fsp3) is 0. The molecule has 3 nitrogen and oxygen atoms in total. The second-order valence-electron chi connectivity index (χ2n) is 5.41. The Morgan fingerprint density at radius 3 is 2.39 bits per heavy atom. The molecule has 0 aliphatic heterocycles. The number of benzene rings is 2. The molecule has 0 radical (unpaired) electrons. The van der Waals surface area contributed by atoms with Gasteiger partial charge in [0.05, 0.1) is 5.69 Å². The number of pyridine rings is 1. The van der Waals surface area contributed by atoms with Gasteiger partial charge in [-0.2, -0.15) is 0 Å². The van der Waals surface area contributed by atoms with Gasteiger partial charge >= 0.3 is 0 Å². The van der Waals surface area contributed by atoms with Gasteiger partial charge in [0.15, 0.2) is 0 Å². The van der Waals surface area contributed by atoms with Gasteiger partial charge in [-0.1, -0.05) is 42.5 Å². The van der Waals surface area contributed by atoms with Gasteiger partial charge in [-0.3, -0.25) is 0 Å². The number of nitrogens with one attached hydrogen (secondary N) is 1. The summed E-state index contributed by atoms with van der Waals surface area (Å²) in [5.41, 5.74) is 11.9. The number of H-pyrrole nitrogens is 1. The topological polar surface area (TPSA) is 54.7 Å². The van der Waals surface area contributed by atoms with E-state index in [0.29, 0.717) is 0 Å². The molecule has 2 aromatic heterocycles. The molecular formula is C19H14BrN3. The fourth-order valence-electron chi connectivity index (χ4n) is 2.82. The Morgan fingerprint density at radius 1 is 0.913 bits per heavy atom. The maximum Gasteiger partial charge on any atom is 0.138 e. The summed E-state index contributed by atoms with van der Waals surface area (Å²) < 4.78 is 0.959. The van der Waals surface area contributed by atoms with Gasteiger partial charge in [-0.15, -0.1) is 0 Å². The number of nitrogens with zero attached hydrogens (tertiary/aromatic N) is 1. The second kappa shape index (κ2) is 5.56. The number of halogens is 1. The number of rotatable bonds is 2. The molecule has 0 saturated heterocycles. The molecule has 0 aliphatic rings. The van der Waals surface area contributed by atoms with Crippen LogP contribution in [0, 0.1) is 0 Å². The molecule has 0 amide bonds. The Hall–Kier alpha value is -2.59. The first-order valence-corrected chi connectivity index (χ1v) is 8.10. The summed E-state index contributed by atoms with van der Waals surface area (Å²) in [6, 6.07) is 20.3. The number of hydrogen-bond donors (Lipinski definition) is 2. The Kier molecular flexibility index (Phi) is 3.39. The number of nitrogens with two attached hydrogens (primary N) is 1. The van der Waals surface area contributed by atoms with E-state index >= 15 is 0 Å². The third-order valence-electron chi connectivity index (χ3n) is 3.88. The van der Waals surface area contributed by atoms with Crippen LogP contribution >= 0.6 is 15.9 Å². The molecule has 4 aromatic rings. The molecule has 4 heteroatoms. The molecule has 23 heavy (non-hydrogen) atoms. The van der Waals surface area contributed by atoms with E-state index in [1.165, 1.54) is 0 Å². The third-order valence-corrected chi connectivity index (χ3v) is 4.31. The molecular weight excluding hydrogens is 350 g/mol. The van der Waals surface area contributed by atoms with E-state index in [0.717, 1.165) is 43.6 Å². The minimum Gasteiger partial charge on any atom is -0.399 e. The normalized spacial score (nSPS) is 11.0. The zero-order valence-electron chi connectivity index (χ0n) is 12.3. The van der Waals surface area contributed by atoms with E-state index in [-0.39, 0.29) is 0 Å². The number of hydrogen-bond acceptors (Lipinski definition) is 2. The van der Waals surface area contributed by atoms with Crippen molar-refractivity contribution in [2.24, 2.45) is 0 Å². The Labute approximate surface area is 142 Å². The number of nitrogen functional groups attached to an aromatic ring is 1. The smallest absolute Gasteiger partial charge is 0.138 e. The van der Waals surface area contributed by atoms with Gasteiger partial charge < -0.3 is 10.7 Å². The van der Waals surface area contributed by atoms with Crippen molar-refractivity contribution < 1.29 is 0 Å². The minimum absolute atomic E-state index is 0.758. The molecule has 2 heterocycles. The predicted molar refractivity (Wildman–Crippen MR) is 99.1 cm³/mol. The Morgan fingerprint density at radius 2 is 1.65 bits per heavy atom.